The number of halogens is 1. The van der Waals surface area contributed by atoms with Crippen molar-refractivity contribution in [1.82, 2.24) is 10.0 Å². The van der Waals surface area contributed by atoms with E-state index in [0.29, 0.717) is 0 Å². The molecule has 0 aliphatic carbocycles. The van der Waals surface area contributed by atoms with Gasteiger partial charge in [-0.3, -0.25) is 0 Å². The molecule has 0 aromatic heterocycles. The molecule has 1 aromatic rings. The standard InChI is InChI=1S/C10H12ClN3O5S/c11-8-5-6(1-2-7(8)9(15)16)20(18,19)14-4-3-13-10(12)17/h1-2,5,14H,3-4H2,(H,15,16)(H3,12,13,17). The molecule has 20 heavy (non-hydrogen) atoms. The van der Waals surface area contributed by atoms with E-state index in [1.807, 2.05) is 0 Å². The number of hydrogen-bond acceptors (Lipinski definition) is 4. The number of urea groups is 1. The van der Waals surface area contributed by atoms with Crippen LogP contribution in [-0.4, -0.2) is 38.6 Å². The summed E-state index contributed by atoms with van der Waals surface area (Å²) < 4.78 is 25.9. The molecule has 0 fully saturated rings. The van der Waals surface area contributed by atoms with E-state index in [-0.39, 0.29) is 28.6 Å². The molecule has 0 atom stereocenters. The topological polar surface area (TPSA) is 139 Å². The van der Waals surface area contributed by atoms with Crippen molar-refractivity contribution < 1.29 is 23.1 Å². The van der Waals surface area contributed by atoms with Crippen LogP contribution in [0, 0.1) is 0 Å². The first kappa shape index (κ1) is 16.2. The fourth-order valence-corrected chi connectivity index (χ4v) is 2.67. The highest BCUT2D eigenvalue weighted by atomic mass is 35.5. The normalized spacial score (nSPS) is 11.1. The van der Waals surface area contributed by atoms with E-state index in [9.17, 15) is 18.0 Å². The lowest BCUT2D eigenvalue weighted by molar-refractivity contribution is 0.0697. The van der Waals surface area contributed by atoms with Gasteiger partial charge in [0.2, 0.25) is 10.0 Å². The van der Waals surface area contributed by atoms with Crippen molar-refractivity contribution in [2.75, 3.05) is 13.1 Å². The zero-order chi connectivity index (χ0) is 15.3. The Morgan fingerprint density at radius 3 is 2.45 bits per heavy atom. The van der Waals surface area contributed by atoms with Gasteiger partial charge in [-0.15, -0.1) is 0 Å². The Hall–Kier alpha value is -1.84. The number of hydrogen-bond donors (Lipinski definition) is 4. The highest BCUT2D eigenvalue weighted by molar-refractivity contribution is 7.89. The van der Waals surface area contributed by atoms with Gasteiger partial charge in [-0.2, -0.15) is 0 Å². The molecule has 1 aromatic carbocycles. The number of carboxylic acid groups (broad SMARTS) is 1. The minimum absolute atomic E-state index is 0.0233. The molecular formula is C10H12ClN3O5S. The number of sulfonamides is 1. The number of carbonyl (C=O) groups excluding carboxylic acids is 1. The maximum atomic E-state index is 11.8. The Morgan fingerprint density at radius 2 is 1.95 bits per heavy atom. The van der Waals surface area contributed by atoms with Gasteiger partial charge in [0.25, 0.3) is 0 Å². The lowest BCUT2D eigenvalue weighted by Gasteiger charge is -2.08. The fourth-order valence-electron chi connectivity index (χ4n) is 1.29. The first-order valence-corrected chi connectivity index (χ1v) is 7.16. The second-order valence-electron chi connectivity index (χ2n) is 3.64. The summed E-state index contributed by atoms with van der Waals surface area (Å²) in [6.45, 7) is -0.0426. The maximum Gasteiger partial charge on any atom is 0.337 e. The van der Waals surface area contributed by atoms with E-state index in [0.717, 1.165) is 18.2 Å². The number of nitrogens with one attached hydrogen (secondary N) is 2. The molecule has 110 valence electrons. The Bertz CT molecular complexity index is 632. The van der Waals surface area contributed by atoms with Crippen LogP contribution in [0.15, 0.2) is 23.1 Å². The van der Waals surface area contributed by atoms with Crippen molar-refractivity contribution in [2.45, 2.75) is 4.90 Å². The van der Waals surface area contributed by atoms with Crippen LogP contribution in [0.2, 0.25) is 5.02 Å². The van der Waals surface area contributed by atoms with Crippen LogP contribution in [0.1, 0.15) is 10.4 Å². The first-order chi connectivity index (χ1) is 9.24. The largest absolute Gasteiger partial charge is 0.478 e. The zero-order valence-electron chi connectivity index (χ0n) is 10.1. The minimum atomic E-state index is -3.84. The Morgan fingerprint density at radius 1 is 1.30 bits per heavy atom. The number of carbonyl (C=O) groups is 2. The molecule has 0 saturated carbocycles. The molecular weight excluding hydrogens is 310 g/mol. The van der Waals surface area contributed by atoms with E-state index in [1.54, 1.807) is 0 Å². The maximum absolute atomic E-state index is 11.8. The van der Waals surface area contributed by atoms with Gasteiger partial charge >= 0.3 is 12.0 Å². The van der Waals surface area contributed by atoms with Crippen LogP contribution < -0.4 is 15.8 Å². The summed E-state index contributed by atoms with van der Waals surface area (Å²) in [6.07, 6.45) is 0. The number of primary amides is 1. The molecule has 5 N–H and O–H groups in total. The average molecular weight is 322 g/mol. The lowest BCUT2D eigenvalue weighted by atomic mass is 10.2. The Balaban J connectivity index is 2.80. The fraction of sp³-hybridized carbons (Fsp3) is 0.200. The average Bonchev–Trinajstić information content (AvgIpc) is 2.34. The monoisotopic (exact) mass is 321 g/mol. The third kappa shape index (κ3) is 4.37. The molecule has 2 amide bonds. The van der Waals surface area contributed by atoms with Crippen LogP contribution in [0.3, 0.4) is 0 Å². The van der Waals surface area contributed by atoms with Crippen molar-refractivity contribution >= 4 is 33.6 Å². The molecule has 0 aliphatic rings. The van der Waals surface area contributed by atoms with Crippen molar-refractivity contribution in [3.8, 4) is 0 Å². The Labute approximate surface area is 120 Å². The quantitative estimate of drug-likeness (QED) is 0.545. The summed E-state index contributed by atoms with van der Waals surface area (Å²) in [4.78, 5) is 21.0. The highest BCUT2D eigenvalue weighted by Gasteiger charge is 2.17. The highest BCUT2D eigenvalue weighted by Crippen LogP contribution is 2.20. The van der Waals surface area contributed by atoms with Gasteiger partial charge in [-0.25, -0.2) is 22.7 Å². The van der Waals surface area contributed by atoms with E-state index >= 15 is 0 Å². The summed E-state index contributed by atoms with van der Waals surface area (Å²) in [5, 5.41) is 10.8. The summed E-state index contributed by atoms with van der Waals surface area (Å²) in [7, 11) is -3.84. The summed E-state index contributed by atoms with van der Waals surface area (Å²) in [5.74, 6) is -1.25. The van der Waals surface area contributed by atoms with Gasteiger partial charge in [0, 0.05) is 13.1 Å². The number of carboxylic acids is 1. The molecule has 8 nitrogen and oxygen atoms in total. The van der Waals surface area contributed by atoms with Crippen molar-refractivity contribution in [2.24, 2.45) is 5.73 Å². The number of rotatable bonds is 6. The predicted octanol–water partition coefficient (Wildman–Crippen LogP) is -0.0152. The second-order valence-corrected chi connectivity index (χ2v) is 5.81. The van der Waals surface area contributed by atoms with Crippen molar-refractivity contribution in [3.05, 3.63) is 28.8 Å². The molecule has 0 spiro atoms. The van der Waals surface area contributed by atoms with Crippen molar-refractivity contribution in [1.29, 1.82) is 0 Å². The van der Waals surface area contributed by atoms with Gasteiger partial charge in [-0.1, -0.05) is 11.6 Å². The van der Waals surface area contributed by atoms with Gasteiger partial charge in [0.15, 0.2) is 0 Å². The van der Waals surface area contributed by atoms with Gasteiger partial charge in [0.1, 0.15) is 0 Å². The SMILES string of the molecule is NC(=O)NCCNS(=O)(=O)c1ccc(C(=O)O)c(Cl)c1. The van der Waals surface area contributed by atoms with Crippen LogP contribution >= 0.6 is 11.6 Å². The Kier molecular flexibility index (Phi) is 5.31. The van der Waals surface area contributed by atoms with E-state index < -0.39 is 22.0 Å². The molecule has 0 heterocycles. The van der Waals surface area contributed by atoms with E-state index in [4.69, 9.17) is 22.4 Å². The molecule has 0 radical (unpaired) electrons. The number of nitrogens with two attached hydrogens (primary N) is 1. The third-order valence-electron chi connectivity index (χ3n) is 2.20. The number of amides is 2. The van der Waals surface area contributed by atoms with Gasteiger partial charge in [0.05, 0.1) is 15.5 Å². The zero-order valence-corrected chi connectivity index (χ0v) is 11.7. The first-order valence-electron chi connectivity index (χ1n) is 5.30. The number of benzene rings is 1. The van der Waals surface area contributed by atoms with Crippen LogP contribution in [-0.2, 0) is 10.0 Å². The summed E-state index contributed by atoms with van der Waals surface area (Å²) in [5.41, 5.74) is 4.62. The smallest absolute Gasteiger partial charge is 0.337 e. The molecule has 0 bridgehead atoms. The van der Waals surface area contributed by atoms with E-state index in [1.165, 1.54) is 0 Å². The molecule has 1 rings (SSSR count). The summed E-state index contributed by atoms with van der Waals surface area (Å²) in [6, 6.07) is 2.49. The molecule has 0 aliphatic heterocycles. The van der Waals surface area contributed by atoms with Gasteiger partial charge in [-0.05, 0) is 18.2 Å². The van der Waals surface area contributed by atoms with Crippen LogP contribution in [0.25, 0.3) is 0 Å². The van der Waals surface area contributed by atoms with Crippen LogP contribution in [0.4, 0.5) is 4.79 Å². The second kappa shape index (κ2) is 6.55. The lowest BCUT2D eigenvalue weighted by Crippen LogP contribution is -2.37. The van der Waals surface area contributed by atoms with Crippen LogP contribution in [0.5, 0.6) is 0 Å². The number of aromatic carboxylic acids is 1. The van der Waals surface area contributed by atoms with Gasteiger partial charge < -0.3 is 16.2 Å². The third-order valence-corrected chi connectivity index (χ3v) is 3.97. The summed E-state index contributed by atoms with van der Waals surface area (Å²) >= 11 is 5.69. The van der Waals surface area contributed by atoms with E-state index in [2.05, 4.69) is 10.0 Å². The molecule has 0 unspecified atom stereocenters. The minimum Gasteiger partial charge on any atom is -0.478 e. The molecule has 0 saturated heterocycles. The predicted molar refractivity (Wildman–Crippen MR) is 71.2 cm³/mol. The van der Waals surface area contributed by atoms with Crippen molar-refractivity contribution in [3.63, 3.8) is 0 Å². The molecule has 10 heteroatoms.